The van der Waals surface area contributed by atoms with Crippen LogP contribution < -0.4 is 5.32 Å². The summed E-state index contributed by atoms with van der Waals surface area (Å²) >= 11 is 1.66. The van der Waals surface area contributed by atoms with Gasteiger partial charge in [0.1, 0.15) is 5.01 Å². The van der Waals surface area contributed by atoms with Crippen molar-refractivity contribution in [3.05, 3.63) is 52.7 Å². The number of aromatic nitrogens is 5. The molecule has 0 radical (unpaired) electrons. The first kappa shape index (κ1) is 14.8. The Balaban J connectivity index is 1.79. The Morgan fingerprint density at radius 1 is 1.27 bits per heavy atom. The minimum Gasteiger partial charge on any atom is -0.298 e. The predicted molar refractivity (Wildman–Crippen MR) is 85.8 cm³/mol. The van der Waals surface area contributed by atoms with E-state index in [1.807, 2.05) is 41.9 Å². The van der Waals surface area contributed by atoms with Crippen LogP contribution in [0.5, 0.6) is 0 Å². The number of hydrogen-bond donors (Lipinski definition) is 1. The van der Waals surface area contributed by atoms with Crippen molar-refractivity contribution >= 4 is 11.3 Å². The maximum absolute atomic E-state index is 4.44. The summed E-state index contributed by atoms with van der Waals surface area (Å²) in [5.41, 5.74) is 0.776. The van der Waals surface area contributed by atoms with Crippen LogP contribution in [0.2, 0.25) is 0 Å². The normalized spacial score (nSPS) is 13.9. The van der Waals surface area contributed by atoms with Crippen LogP contribution in [-0.2, 0) is 12.1 Å². The van der Waals surface area contributed by atoms with Gasteiger partial charge in [0.25, 0.3) is 0 Å². The first-order valence-corrected chi connectivity index (χ1v) is 8.08. The molecule has 0 aliphatic heterocycles. The van der Waals surface area contributed by atoms with Gasteiger partial charge in [0.2, 0.25) is 0 Å². The highest BCUT2D eigenvalue weighted by atomic mass is 32.1. The zero-order valence-electron chi connectivity index (χ0n) is 12.6. The van der Waals surface area contributed by atoms with E-state index in [4.69, 9.17) is 0 Å². The van der Waals surface area contributed by atoms with Crippen LogP contribution >= 0.6 is 11.3 Å². The molecule has 7 heteroatoms. The van der Waals surface area contributed by atoms with Crippen molar-refractivity contribution in [1.29, 1.82) is 0 Å². The summed E-state index contributed by atoms with van der Waals surface area (Å²) in [6.45, 7) is 4.88. The molecule has 0 amide bonds. The fourth-order valence-corrected chi connectivity index (χ4v) is 3.06. The lowest BCUT2D eigenvalue weighted by Crippen LogP contribution is -2.39. The Morgan fingerprint density at radius 2 is 2.09 bits per heavy atom. The van der Waals surface area contributed by atoms with Crippen molar-refractivity contribution in [3.63, 3.8) is 0 Å². The summed E-state index contributed by atoms with van der Waals surface area (Å²) in [6.07, 6.45) is 2.77. The molecule has 114 valence electrons. The maximum Gasteiger partial charge on any atom is 0.170 e. The molecule has 2 heterocycles. The van der Waals surface area contributed by atoms with E-state index in [0.29, 0.717) is 6.54 Å². The summed E-state index contributed by atoms with van der Waals surface area (Å²) in [5, 5.41) is 18.6. The Bertz CT molecular complexity index is 709. The van der Waals surface area contributed by atoms with Gasteiger partial charge in [-0.25, -0.2) is 4.98 Å². The molecule has 1 unspecified atom stereocenters. The van der Waals surface area contributed by atoms with E-state index in [-0.39, 0.29) is 5.54 Å². The molecular formula is C15H18N6S. The van der Waals surface area contributed by atoms with Gasteiger partial charge in [-0.15, -0.1) is 16.4 Å². The average molecular weight is 314 g/mol. The number of tetrazole rings is 1. The van der Waals surface area contributed by atoms with Crippen molar-refractivity contribution < 1.29 is 0 Å². The minimum absolute atomic E-state index is 0.179. The number of hydrogen-bond acceptors (Lipinski definition) is 6. The van der Waals surface area contributed by atoms with Gasteiger partial charge in [0.15, 0.2) is 5.82 Å². The number of para-hydroxylation sites is 1. The highest BCUT2D eigenvalue weighted by Gasteiger charge is 2.27. The number of thiazole rings is 1. The first-order valence-electron chi connectivity index (χ1n) is 7.20. The Kier molecular flexibility index (Phi) is 4.26. The average Bonchev–Trinajstić information content (AvgIpc) is 3.25. The lowest BCUT2D eigenvalue weighted by molar-refractivity contribution is 0.343. The van der Waals surface area contributed by atoms with Crippen LogP contribution in [0.1, 0.15) is 31.1 Å². The Labute approximate surface area is 133 Å². The minimum atomic E-state index is -0.179. The monoisotopic (exact) mass is 314 g/mol. The standard InChI is InChI=1S/C15H18N6S/c1-3-15(2,14-16-9-10-22-14)17-11-13-18-19-20-21(13)12-7-5-4-6-8-12/h4-10,17H,3,11H2,1-2H3. The van der Waals surface area contributed by atoms with E-state index in [9.17, 15) is 0 Å². The van der Waals surface area contributed by atoms with E-state index in [2.05, 4.69) is 39.7 Å². The predicted octanol–water partition coefficient (Wildman–Crippen LogP) is 2.53. The van der Waals surface area contributed by atoms with Gasteiger partial charge in [-0.05, 0) is 35.9 Å². The summed E-state index contributed by atoms with van der Waals surface area (Å²) in [4.78, 5) is 4.44. The fraction of sp³-hybridized carbons (Fsp3) is 0.333. The van der Waals surface area contributed by atoms with E-state index in [1.54, 1.807) is 16.0 Å². The topological polar surface area (TPSA) is 68.5 Å². The molecule has 0 bridgehead atoms. The van der Waals surface area contributed by atoms with E-state index in [0.717, 1.165) is 22.9 Å². The van der Waals surface area contributed by atoms with Crippen molar-refractivity contribution in [2.24, 2.45) is 0 Å². The summed E-state index contributed by atoms with van der Waals surface area (Å²) in [7, 11) is 0. The van der Waals surface area contributed by atoms with Gasteiger partial charge < -0.3 is 0 Å². The lowest BCUT2D eigenvalue weighted by atomic mass is 10.00. The maximum atomic E-state index is 4.44. The van der Waals surface area contributed by atoms with Gasteiger partial charge in [0.05, 0.1) is 17.8 Å². The van der Waals surface area contributed by atoms with Crippen molar-refractivity contribution in [3.8, 4) is 5.69 Å². The summed E-state index contributed by atoms with van der Waals surface area (Å²) < 4.78 is 1.75. The molecule has 0 saturated carbocycles. The molecule has 1 N–H and O–H groups in total. The molecule has 0 aliphatic carbocycles. The highest BCUT2D eigenvalue weighted by molar-refractivity contribution is 7.09. The van der Waals surface area contributed by atoms with Crippen molar-refractivity contribution in [1.82, 2.24) is 30.5 Å². The molecule has 0 fully saturated rings. The largest absolute Gasteiger partial charge is 0.298 e. The first-order chi connectivity index (χ1) is 10.7. The fourth-order valence-electron chi connectivity index (χ4n) is 2.21. The zero-order chi connectivity index (χ0) is 15.4. The molecule has 2 aromatic heterocycles. The summed E-state index contributed by atoms with van der Waals surface area (Å²) in [6, 6.07) is 9.89. The van der Waals surface area contributed by atoms with Crippen LogP contribution in [0, 0.1) is 0 Å². The molecule has 0 aliphatic rings. The molecule has 22 heavy (non-hydrogen) atoms. The van der Waals surface area contributed by atoms with Crippen LogP contribution in [0.4, 0.5) is 0 Å². The van der Waals surface area contributed by atoms with Gasteiger partial charge in [-0.2, -0.15) is 4.68 Å². The van der Waals surface area contributed by atoms with E-state index >= 15 is 0 Å². The zero-order valence-corrected chi connectivity index (χ0v) is 13.4. The van der Waals surface area contributed by atoms with Crippen LogP contribution in [0.15, 0.2) is 41.9 Å². The molecule has 1 atom stereocenters. The molecule has 6 nitrogen and oxygen atoms in total. The molecule has 0 spiro atoms. The van der Waals surface area contributed by atoms with E-state index < -0.39 is 0 Å². The number of benzene rings is 1. The third-order valence-corrected chi connectivity index (χ3v) is 4.82. The molecule has 1 aromatic carbocycles. The smallest absolute Gasteiger partial charge is 0.170 e. The SMILES string of the molecule is CCC(C)(NCc1nnnn1-c1ccccc1)c1nccs1. The summed E-state index contributed by atoms with van der Waals surface area (Å²) in [5.74, 6) is 0.780. The van der Waals surface area contributed by atoms with Crippen molar-refractivity contribution in [2.75, 3.05) is 0 Å². The molecular weight excluding hydrogens is 296 g/mol. The van der Waals surface area contributed by atoms with Crippen LogP contribution in [0.25, 0.3) is 5.69 Å². The molecule has 3 aromatic rings. The quantitative estimate of drug-likeness (QED) is 0.757. The van der Waals surface area contributed by atoms with Gasteiger partial charge in [-0.1, -0.05) is 25.1 Å². The van der Waals surface area contributed by atoms with Crippen LogP contribution in [-0.4, -0.2) is 25.2 Å². The Morgan fingerprint density at radius 3 is 2.77 bits per heavy atom. The Hall–Kier alpha value is -2.12. The molecule has 3 rings (SSSR count). The van der Waals surface area contributed by atoms with Gasteiger partial charge >= 0.3 is 0 Å². The lowest BCUT2D eigenvalue weighted by Gasteiger charge is -2.27. The third-order valence-electron chi connectivity index (χ3n) is 3.78. The van der Waals surface area contributed by atoms with Crippen molar-refractivity contribution in [2.45, 2.75) is 32.4 Å². The molecule has 0 saturated heterocycles. The van der Waals surface area contributed by atoms with E-state index in [1.165, 1.54) is 0 Å². The second kappa shape index (κ2) is 6.33. The second-order valence-electron chi connectivity index (χ2n) is 5.22. The van der Waals surface area contributed by atoms with Gasteiger partial charge in [0, 0.05) is 11.6 Å². The second-order valence-corrected chi connectivity index (χ2v) is 6.11. The van der Waals surface area contributed by atoms with Gasteiger partial charge in [-0.3, -0.25) is 5.32 Å². The number of rotatable bonds is 6. The number of nitrogens with zero attached hydrogens (tertiary/aromatic N) is 5. The van der Waals surface area contributed by atoms with Crippen LogP contribution in [0.3, 0.4) is 0 Å². The number of nitrogens with one attached hydrogen (secondary N) is 1. The highest BCUT2D eigenvalue weighted by Crippen LogP contribution is 2.26. The third kappa shape index (κ3) is 2.90.